The van der Waals surface area contributed by atoms with Crippen molar-refractivity contribution in [1.29, 1.82) is 0 Å². The van der Waals surface area contributed by atoms with Gasteiger partial charge in [-0.1, -0.05) is 18.2 Å². The summed E-state index contributed by atoms with van der Waals surface area (Å²) < 4.78 is 10.9. The average molecular weight is 325 g/mol. The van der Waals surface area contributed by atoms with Gasteiger partial charge in [0.15, 0.2) is 0 Å². The number of dihydropyridines is 1. The van der Waals surface area contributed by atoms with Crippen LogP contribution in [-0.2, 0) is 9.53 Å². The van der Waals surface area contributed by atoms with Gasteiger partial charge in [-0.15, -0.1) is 0 Å². The molecule has 0 spiro atoms. The Morgan fingerprint density at radius 1 is 1.33 bits per heavy atom. The molecule has 0 aromatic heterocycles. The molecule has 0 saturated heterocycles. The van der Waals surface area contributed by atoms with Crippen LogP contribution in [0.4, 0.5) is 0 Å². The number of allylic oxidation sites excluding steroid dienone is 1. The van der Waals surface area contributed by atoms with Crippen LogP contribution in [0.3, 0.4) is 0 Å². The SMILES string of the molecule is CCOC(=O)C1=C(O)C2=C(C)C(Oc3ccccc3)=CCC2N=C1. The third-order valence-corrected chi connectivity index (χ3v) is 3.99. The number of carbonyl (C=O) groups excluding carboxylic acids is 1. The van der Waals surface area contributed by atoms with Crippen molar-refractivity contribution in [2.24, 2.45) is 4.99 Å². The normalized spacial score (nSPS) is 19.8. The molecule has 1 aliphatic carbocycles. The Balaban J connectivity index is 1.94. The van der Waals surface area contributed by atoms with E-state index in [0.717, 1.165) is 11.3 Å². The van der Waals surface area contributed by atoms with Crippen molar-refractivity contribution in [3.8, 4) is 5.75 Å². The molecule has 0 saturated carbocycles. The highest BCUT2D eigenvalue weighted by molar-refractivity contribution is 6.11. The molecule has 1 N–H and O–H groups in total. The molecule has 0 bridgehead atoms. The Morgan fingerprint density at radius 2 is 2.08 bits per heavy atom. The van der Waals surface area contributed by atoms with E-state index in [-0.39, 0.29) is 24.0 Å². The van der Waals surface area contributed by atoms with Crippen LogP contribution in [0.1, 0.15) is 20.3 Å². The van der Waals surface area contributed by atoms with Gasteiger partial charge in [0.05, 0.1) is 12.6 Å². The minimum Gasteiger partial charge on any atom is -0.507 e. The van der Waals surface area contributed by atoms with Crippen molar-refractivity contribution in [3.05, 3.63) is 64.6 Å². The molecule has 124 valence electrons. The lowest BCUT2D eigenvalue weighted by molar-refractivity contribution is -0.138. The number of fused-ring (bicyclic) bond motifs is 1. The molecule has 1 aliphatic heterocycles. The molecule has 2 aliphatic rings. The summed E-state index contributed by atoms with van der Waals surface area (Å²) in [6.07, 6.45) is 3.95. The Morgan fingerprint density at radius 3 is 2.79 bits per heavy atom. The predicted octanol–water partition coefficient (Wildman–Crippen LogP) is 3.50. The minimum absolute atomic E-state index is 0.0757. The van der Waals surface area contributed by atoms with Crippen molar-refractivity contribution in [2.45, 2.75) is 26.3 Å². The number of esters is 1. The number of nitrogens with zero attached hydrogens (tertiary/aromatic N) is 1. The summed E-state index contributed by atoms with van der Waals surface area (Å²) in [5, 5.41) is 10.6. The minimum atomic E-state index is -0.572. The van der Waals surface area contributed by atoms with Gasteiger partial charge in [0, 0.05) is 17.4 Å². The lowest BCUT2D eigenvalue weighted by atomic mass is 9.88. The number of carbonyl (C=O) groups is 1. The fraction of sp³-hybridized carbons (Fsp3) is 0.263. The number of ether oxygens (including phenoxy) is 2. The van der Waals surface area contributed by atoms with Crippen LogP contribution in [0.5, 0.6) is 5.75 Å². The molecule has 0 fully saturated rings. The number of aliphatic hydroxyl groups excluding tert-OH is 1. The van der Waals surface area contributed by atoms with Crippen molar-refractivity contribution >= 4 is 12.2 Å². The van der Waals surface area contributed by atoms with Crippen LogP contribution in [0.25, 0.3) is 0 Å². The van der Waals surface area contributed by atoms with Gasteiger partial charge in [0.25, 0.3) is 0 Å². The molecule has 3 rings (SSSR count). The van der Waals surface area contributed by atoms with Crippen molar-refractivity contribution in [2.75, 3.05) is 6.61 Å². The Kier molecular flexibility index (Phi) is 4.51. The molecule has 1 aromatic carbocycles. The maximum absolute atomic E-state index is 12.0. The summed E-state index contributed by atoms with van der Waals surface area (Å²) in [5.74, 6) is 0.737. The first-order chi connectivity index (χ1) is 11.6. The molecule has 1 atom stereocenters. The first-order valence-electron chi connectivity index (χ1n) is 7.90. The zero-order valence-corrected chi connectivity index (χ0v) is 13.7. The number of aliphatic hydroxyl groups is 1. The summed E-state index contributed by atoms with van der Waals surface area (Å²) in [6.45, 7) is 3.82. The number of aliphatic imine (C=N–C) groups is 1. The zero-order valence-electron chi connectivity index (χ0n) is 13.7. The molecule has 0 amide bonds. The van der Waals surface area contributed by atoms with Crippen LogP contribution in [0.2, 0.25) is 0 Å². The van der Waals surface area contributed by atoms with Gasteiger partial charge >= 0.3 is 5.97 Å². The second-order valence-electron chi connectivity index (χ2n) is 5.53. The number of rotatable bonds is 4. The second kappa shape index (κ2) is 6.74. The second-order valence-corrected chi connectivity index (χ2v) is 5.53. The number of para-hydroxylation sites is 1. The Hall–Kier alpha value is -2.82. The highest BCUT2D eigenvalue weighted by Gasteiger charge is 2.32. The molecule has 1 unspecified atom stereocenters. The maximum atomic E-state index is 12.0. The standard InChI is InChI=1S/C19H19NO4/c1-3-23-19(22)14-11-20-15-9-10-16(12(2)17(15)18(14)21)24-13-7-5-4-6-8-13/h4-8,10-11,15,21H,3,9H2,1-2H3. The van der Waals surface area contributed by atoms with Gasteiger partial charge < -0.3 is 14.6 Å². The van der Waals surface area contributed by atoms with E-state index < -0.39 is 5.97 Å². The lowest BCUT2D eigenvalue weighted by Gasteiger charge is -2.27. The average Bonchev–Trinajstić information content (AvgIpc) is 2.58. The fourth-order valence-electron chi connectivity index (χ4n) is 2.81. The highest BCUT2D eigenvalue weighted by Crippen LogP contribution is 2.35. The van der Waals surface area contributed by atoms with E-state index in [1.54, 1.807) is 6.92 Å². The van der Waals surface area contributed by atoms with Gasteiger partial charge in [-0.25, -0.2) is 4.79 Å². The van der Waals surface area contributed by atoms with Crippen molar-refractivity contribution < 1.29 is 19.4 Å². The Labute approximate surface area is 140 Å². The lowest BCUT2D eigenvalue weighted by Crippen LogP contribution is -2.25. The van der Waals surface area contributed by atoms with Crippen molar-refractivity contribution in [3.63, 3.8) is 0 Å². The first-order valence-corrected chi connectivity index (χ1v) is 7.90. The van der Waals surface area contributed by atoms with Crippen LogP contribution in [0, 0.1) is 0 Å². The number of hydrogen-bond donors (Lipinski definition) is 1. The third kappa shape index (κ3) is 2.97. The Bertz CT molecular complexity index is 772. The summed E-state index contributed by atoms with van der Waals surface area (Å²) in [7, 11) is 0. The number of benzene rings is 1. The highest BCUT2D eigenvalue weighted by atomic mass is 16.5. The summed E-state index contributed by atoms with van der Waals surface area (Å²) in [6, 6.07) is 9.23. The van der Waals surface area contributed by atoms with Gasteiger partial charge in [0.1, 0.15) is 22.8 Å². The van der Waals surface area contributed by atoms with Crippen LogP contribution in [-0.4, -0.2) is 29.9 Å². The summed E-state index contributed by atoms with van der Waals surface area (Å²) >= 11 is 0. The summed E-state index contributed by atoms with van der Waals surface area (Å²) in [4.78, 5) is 16.3. The molecular weight excluding hydrogens is 306 g/mol. The summed E-state index contributed by atoms with van der Waals surface area (Å²) in [5.41, 5.74) is 1.48. The van der Waals surface area contributed by atoms with Gasteiger partial charge in [-0.05, 0) is 38.5 Å². The van der Waals surface area contributed by atoms with Gasteiger partial charge in [0.2, 0.25) is 0 Å². The van der Waals surface area contributed by atoms with E-state index >= 15 is 0 Å². The monoisotopic (exact) mass is 325 g/mol. The predicted molar refractivity (Wildman–Crippen MR) is 91.0 cm³/mol. The van der Waals surface area contributed by atoms with E-state index in [1.165, 1.54) is 6.21 Å². The molecule has 0 radical (unpaired) electrons. The van der Waals surface area contributed by atoms with E-state index in [9.17, 15) is 9.90 Å². The third-order valence-electron chi connectivity index (χ3n) is 3.99. The molecular formula is C19H19NO4. The molecule has 24 heavy (non-hydrogen) atoms. The fourth-order valence-corrected chi connectivity index (χ4v) is 2.81. The van der Waals surface area contributed by atoms with E-state index in [2.05, 4.69) is 4.99 Å². The maximum Gasteiger partial charge on any atom is 0.343 e. The van der Waals surface area contributed by atoms with E-state index in [0.29, 0.717) is 17.8 Å². The van der Waals surface area contributed by atoms with Gasteiger partial charge in [-0.3, -0.25) is 4.99 Å². The first kappa shape index (κ1) is 16.1. The molecule has 5 heteroatoms. The topological polar surface area (TPSA) is 68.1 Å². The van der Waals surface area contributed by atoms with E-state index in [4.69, 9.17) is 9.47 Å². The van der Waals surface area contributed by atoms with Crippen LogP contribution in [0.15, 0.2) is 69.6 Å². The smallest absolute Gasteiger partial charge is 0.343 e. The molecule has 1 heterocycles. The van der Waals surface area contributed by atoms with Crippen LogP contribution < -0.4 is 4.74 Å². The number of hydrogen-bond acceptors (Lipinski definition) is 5. The zero-order chi connectivity index (χ0) is 17.1. The van der Waals surface area contributed by atoms with E-state index in [1.807, 2.05) is 43.3 Å². The quantitative estimate of drug-likeness (QED) is 0.860. The largest absolute Gasteiger partial charge is 0.507 e. The molecule has 1 aromatic rings. The van der Waals surface area contributed by atoms with Gasteiger partial charge in [-0.2, -0.15) is 0 Å². The van der Waals surface area contributed by atoms with Crippen molar-refractivity contribution in [1.82, 2.24) is 0 Å². The molecule has 5 nitrogen and oxygen atoms in total. The van der Waals surface area contributed by atoms with Crippen LogP contribution >= 0.6 is 0 Å².